The Labute approximate surface area is 152 Å². The smallest absolute Gasteiger partial charge is 0.214 e. The third-order valence-electron chi connectivity index (χ3n) is 5.02. The molecule has 0 spiro atoms. The number of ether oxygens (including phenoxy) is 2. The van der Waals surface area contributed by atoms with Crippen LogP contribution in [0, 0.1) is 11.8 Å². The highest BCUT2D eigenvalue weighted by Crippen LogP contribution is 2.35. The zero-order chi connectivity index (χ0) is 16.9. The van der Waals surface area contributed by atoms with E-state index in [4.69, 9.17) is 9.47 Å². The van der Waals surface area contributed by atoms with E-state index in [0.29, 0.717) is 11.8 Å². The van der Waals surface area contributed by atoms with Gasteiger partial charge in [-0.15, -0.1) is 5.10 Å². The average Bonchev–Trinajstić information content (AvgIpc) is 3.17. The number of tetrazole rings is 1. The molecule has 1 aromatic carbocycles. The molecule has 6 nitrogen and oxygen atoms in total. The first-order valence-corrected chi connectivity index (χ1v) is 10.1. The monoisotopic (exact) mass is 360 g/mol. The second-order valence-corrected chi connectivity index (χ2v) is 7.75. The molecule has 0 bridgehead atoms. The highest BCUT2D eigenvalue weighted by atomic mass is 32.2. The molecule has 2 fully saturated rings. The Balaban J connectivity index is 1.28. The van der Waals surface area contributed by atoms with Crippen molar-refractivity contribution in [1.82, 2.24) is 20.2 Å². The number of thioether (sulfide) groups is 1. The van der Waals surface area contributed by atoms with Gasteiger partial charge in [0, 0.05) is 11.7 Å². The lowest BCUT2D eigenvalue weighted by Gasteiger charge is -2.35. The van der Waals surface area contributed by atoms with Gasteiger partial charge in [-0.05, 0) is 60.6 Å². The highest BCUT2D eigenvalue weighted by Gasteiger charge is 2.30. The maximum Gasteiger partial charge on any atom is 0.214 e. The van der Waals surface area contributed by atoms with Crippen molar-refractivity contribution in [3.63, 3.8) is 0 Å². The second kappa shape index (κ2) is 8.29. The molecule has 0 unspecified atom stereocenters. The molecule has 0 N–H and O–H groups in total. The van der Waals surface area contributed by atoms with Gasteiger partial charge in [-0.3, -0.25) is 0 Å². The molecule has 1 aliphatic carbocycles. The minimum atomic E-state index is 0.0349. The first kappa shape index (κ1) is 17.0. The van der Waals surface area contributed by atoms with Crippen LogP contribution in [0.15, 0.2) is 35.5 Å². The van der Waals surface area contributed by atoms with E-state index in [2.05, 4.69) is 15.5 Å². The minimum Gasteiger partial charge on any atom is -0.352 e. The van der Waals surface area contributed by atoms with E-state index in [-0.39, 0.29) is 6.29 Å². The van der Waals surface area contributed by atoms with Crippen molar-refractivity contribution in [2.75, 3.05) is 19.0 Å². The molecule has 1 saturated carbocycles. The minimum absolute atomic E-state index is 0.0349. The summed E-state index contributed by atoms with van der Waals surface area (Å²) in [6.45, 7) is 1.70. The predicted molar refractivity (Wildman–Crippen MR) is 95.6 cm³/mol. The van der Waals surface area contributed by atoms with E-state index >= 15 is 0 Å². The van der Waals surface area contributed by atoms with E-state index in [1.165, 1.54) is 25.7 Å². The molecule has 7 heteroatoms. The second-order valence-electron chi connectivity index (χ2n) is 6.76. The van der Waals surface area contributed by atoms with Crippen molar-refractivity contribution >= 4 is 11.8 Å². The van der Waals surface area contributed by atoms with Gasteiger partial charge in [0.15, 0.2) is 6.29 Å². The molecule has 1 aromatic heterocycles. The lowest BCUT2D eigenvalue weighted by molar-refractivity contribution is -0.210. The van der Waals surface area contributed by atoms with Crippen molar-refractivity contribution in [3.05, 3.63) is 30.3 Å². The van der Waals surface area contributed by atoms with Crippen molar-refractivity contribution < 1.29 is 9.47 Å². The fourth-order valence-corrected chi connectivity index (χ4v) is 4.67. The van der Waals surface area contributed by atoms with Crippen LogP contribution >= 0.6 is 11.8 Å². The number of aromatic nitrogens is 4. The van der Waals surface area contributed by atoms with Gasteiger partial charge in [-0.25, -0.2) is 0 Å². The van der Waals surface area contributed by atoms with E-state index in [9.17, 15) is 0 Å². The number of hydrogen-bond donors (Lipinski definition) is 0. The van der Waals surface area contributed by atoms with Crippen molar-refractivity contribution in [2.45, 2.75) is 43.6 Å². The Morgan fingerprint density at radius 1 is 1.04 bits per heavy atom. The Morgan fingerprint density at radius 2 is 1.80 bits per heavy atom. The van der Waals surface area contributed by atoms with E-state index in [0.717, 1.165) is 36.2 Å². The Bertz CT molecular complexity index is 652. The van der Waals surface area contributed by atoms with Crippen LogP contribution in [0.1, 0.15) is 32.1 Å². The summed E-state index contributed by atoms with van der Waals surface area (Å²) in [5.41, 5.74) is 1.00. The standard InChI is InChI=1S/C18H24N4O2S/c1-2-5-16(6-3-1)22-18(19-20-21-22)25-13-14-7-9-15(10-8-14)17-23-11-4-12-24-17/h1-3,5-6,14-15,17H,4,7-13H2. The quantitative estimate of drug-likeness (QED) is 0.762. The lowest BCUT2D eigenvalue weighted by atomic mass is 9.82. The summed E-state index contributed by atoms with van der Waals surface area (Å²) in [5.74, 6) is 2.34. The largest absolute Gasteiger partial charge is 0.352 e. The third kappa shape index (κ3) is 4.22. The summed E-state index contributed by atoms with van der Waals surface area (Å²) in [5, 5.41) is 13.0. The molecule has 0 amide bonds. The number of rotatable bonds is 5. The summed E-state index contributed by atoms with van der Waals surface area (Å²) < 4.78 is 13.4. The molecule has 2 heterocycles. The molecule has 4 rings (SSSR count). The zero-order valence-electron chi connectivity index (χ0n) is 14.3. The summed E-state index contributed by atoms with van der Waals surface area (Å²) in [4.78, 5) is 0. The van der Waals surface area contributed by atoms with Gasteiger partial charge in [-0.1, -0.05) is 30.0 Å². The molecular weight excluding hydrogens is 336 g/mol. The van der Waals surface area contributed by atoms with Crippen molar-refractivity contribution in [1.29, 1.82) is 0 Å². The van der Waals surface area contributed by atoms with Crippen LogP contribution < -0.4 is 0 Å². The molecule has 134 valence electrons. The number of para-hydroxylation sites is 1. The topological polar surface area (TPSA) is 62.1 Å². The van der Waals surface area contributed by atoms with Gasteiger partial charge in [0.25, 0.3) is 0 Å². The Morgan fingerprint density at radius 3 is 2.56 bits per heavy atom. The van der Waals surface area contributed by atoms with Crippen LogP contribution in [0.25, 0.3) is 5.69 Å². The number of nitrogens with zero attached hydrogens (tertiary/aromatic N) is 4. The van der Waals surface area contributed by atoms with Crippen LogP contribution in [-0.2, 0) is 9.47 Å². The third-order valence-corrected chi connectivity index (χ3v) is 6.17. The molecular formula is C18H24N4O2S. The van der Waals surface area contributed by atoms with Crippen LogP contribution in [0.2, 0.25) is 0 Å². The summed E-state index contributed by atoms with van der Waals surface area (Å²) >= 11 is 1.76. The van der Waals surface area contributed by atoms with Gasteiger partial charge >= 0.3 is 0 Å². The van der Waals surface area contributed by atoms with Crippen LogP contribution in [0.5, 0.6) is 0 Å². The summed E-state index contributed by atoms with van der Waals surface area (Å²) in [7, 11) is 0. The fourth-order valence-electron chi connectivity index (χ4n) is 3.60. The van der Waals surface area contributed by atoms with Crippen LogP contribution in [0.4, 0.5) is 0 Å². The first-order chi connectivity index (χ1) is 12.4. The highest BCUT2D eigenvalue weighted by molar-refractivity contribution is 7.99. The average molecular weight is 360 g/mol. The summed E-state index contributed by atoms with van der Waals surface area (Å²) in [6, 6.07) is 10.1. The van der Waals surface area contributed by atoms with Gasteiger partial charge < -0.3 is 9.47 Å². The van der Waals surface area contributed by atoms with Gasteiger partial charge in [0.05, 0.1) is 18.9 Å². The Kier molecular flexibility index (Phi) is 5.64. The van der Waals surface area contributed by atoms with Gasteiger partial charge in [0.2, 0.25) is 5.16 Å². The first-order valence-electron chi connectivity index (χ1n) is 9.10. The number of hydrogen-bond acceptors (Lipinski definition) is 6. The van der Waals surface area contributed by atoms with Crippen molar-refractivity contribution in [2.24, 2.45) is 11.8 Å². The van der Waals surface area contributed by atoms with Gasteiger partial charge in [0.1, 0.15) is 0 Å². The number of benzene rings is 1. The molecule has 0 atom stereocenters. The van der Waals surface area contributed by atoms with E-state index in [1.807, 2.05) is 35.0 Å². The normalized spacial score (nSPS) is 25.1. The molecule has 0 radical (unpaired) electrons. The maximum absolute atomic E-state index is 5.78. The Hall–Kier alpha value is -1.44. The molecule has 1 aliphatic heterocycles. The zero-order valence-corrected chi connectivity index (χ0v) is 15.1. The van der Waals surface area contributed by atoms with Crippen LogP contribution in [-0.4, -0.2) is 45.5 Å². The van der Waals surface area contributed by atoms with E-state index in [1.54, 1.807) is 11.8 Å². The van der Waals surface area contributed by atoms with E-state index < -0.39 is 0 Å². The summed E-state index contributed by atoms with van der Waals surface area (Å²) in [6.07, 6.45) is 5.91. The van der Waals surface area contributed by atoms with Gasteiger partial charge in [-0.2, -0.15) is 4.68 Å². The molecule has 1 saturated heterocycles. The maximum atomic E-state index is 5.78. The predicted octanol–water partition coefficient (Wildman–Crippen LogP) is 3.32. The lowest BCUT2D eigenvalue weighted by Crippen LogP contribution is -2.34. The van der Waals surface area contributed by atoms with Crippen LogP contribution in [0.3, 0.4) is 0 Å². The molecule has 2 aromatic rings. The molecule has 2 aliphatic rings. The fraction of sp³-hybridized carbons (Fsp3) is 0.611. The molecule has 25 heavy (non-hydrogen) atoms. The SMILES string of the molecule is c1ccc(-n2nnnc2SCC2CCC(C3OCCCO3)CC2)cc1. The van der Waals surface area contributed by atoms with Crippen molar-refractivity contribution in [3.8, 4) is 5.69 Å².